The van der Waals surface area contributed by atoms with Crippen molar-refractivity contribution in [3.05, 3.63) is 59.9 Å². The molecule has 27 heavy (non-hydrogen) atoms. The third-order valence-electron chi connectivity index (χ3n) is 4.60. The number of hydrogen-bond donors (Lipinski definition) is 2. The van der Waals surface area contributed by atoms with Crippen molar-refractivity contribution in [1.82, 2.24) is 20.2 Å². The van der Waals surface area contributed by atoms with Gasteiger partial charge in [0.05, 0.1) is 12.0 Å². The second-order valence-corrected chi connectivity index (χ2v) is 6.47. The summed E-state index contributed by atoms with van der Waals surface area (Å²) in [4.78, 5) is 8.19. The lowest BCUT2D eigenvalue weighted by Crippen LogP contribution is -2.37. The Morgan fingerprint density at radius 3 is 2.85 bits per heavy atom. The van der Waals surface area contributed by atoms with Crippen LogP contribution in [0.3, 0.4) is 0 Å². The first-order valence-corrected chi connectivity index (χ1v) is 9.15. The van der Waals surface area contributed by atoms with Crippen LogP contribution in [0, 0.1) is 5.82 Å². The van der Waals surface area contributed by atoms with E-state index >= 15 is 0 Å². The van der Waals surface area contributed by atoms with Gasteiger partial charge in [0.1, 0.15) is 5.82 Å². The summed E-state index contributed by atoms with van der Waals surface area (Å²) in [6.07, 6.45) is 13.4. The van der Waals surface area contributed by atoms with Crippen molar-refractivity contribution < 1.29 is 4.39 Å². The number of rotatable bonds is 6. The Labute approximate surface area is 177 Å². The van der Waals surface area contributed by atoms with Gasteiger partial charge >= 0.3 is 0 Å². The van der Waals surface area contributed by atoms with E-state index in [-0.39, 0.29) is 29.8 Å². The minimum Gasteiger partial charge on any atom is -0.356 e. The Morgan fingerprint density at radius 2 is 2.19 bits per heavy atom. The van der Waals surface area contributed by atoms with Crippen LogP contribution < -0.4 is 10.6 Å². The van der Waals surface area contributed by atoms with E-state index in [0.717, 1.165) is 24.5 Å². The Kier molecular flexibility index (Phi) is 8.77. The molecule has 1 aromatic carbocycles. The van der Waals surface area contributed by atoms with Crippen LogP contribution in [0.15, 0.2) is 53.6 Å². The van der Waals surface area contributed by atoms with Crippen molar-refractivity contribution in [3.63, 3.8) is 0 Å². The highest BCUT2D eigenvalue weighted by atomic mass is 127. The zero-order valence-corrected chi connectivity index (χ0v) is 17.9. The molecule has 0 spiro atoms. The van der Waals surface area contributed by atoms with Crippen LogP contribution in [-0.4, -0.2) is 29.1 Å². The van der Waals surface area contributed by atoms with E-state index in [9.17, 15) is 4.39 Å². The molecule has 0 saturated carbocycles. The summed E-state index contributed by atoms with van der Waals surface area (Å²) >= 11 is 0. The van der Waals surface area contributed by atoms with Gasteiger partial charge in [-0.25, -0.2) is 9.37 Å². The highest BCUT2D eigenvalue weighted by Gasteiger charge is 2.07. The third kappa shape index (κ3) is 6.34. The van der Waals surface area contributed by atoms with Crippen LogP contribution in [0.4, 0.5) is 4.39 Å². The number of benzene rings is 1. The second kappa shape index (κ2) is 11.1. The zero-order chi connectivity index (χ0) is 18.2. The van der Waals surface area contributed by atoms with Gasteiger partial charge < -0.3 is 15.2 Å². The summed E-state index contributed by atoms with van der Waals surface area (Å²) in [7, 11) is 1.75. The molecule has 2 aromatic rings. The molecule has 2 N–H and O–H groups in total. The maximum Gasteiger partial charge on any atom is 0.191 e. The standard InChI is InChI=1S/C20H26FN5.HI/c1-22-20(24-10-9-16-5-3-2-4-6-16)25-14-17-7-8-19(18(21)13-17)26-12-11-23-15-26;/h5,7-8,11-13,15H,2-4,6,9-10,14H2,1H3,(H2,22,24,25);1H. The fraction of sp³-hybridized carbons (Fsp3) is 0.400. The Hall–Kier alpha value is -1.90. The highest BCUT2D eigenvalue weighted by molar-refractivity contribution is 14.0. The normalized spacial score (nSPS) is 14.3. The molecule has 0 fully saturated rings. The van der Waals surface area contributed by atoms with Gasteiger partial charge in [0.2, 0.25) is 0 Å². The largest absolute Gasteiger partial charge is 0.356 e. The third-order valence-corrected chi connectivity index (χ3v) is 4.60. The first-order valence-electron chi connectivity index (χ1n) is 9.15. The van der Waals surface area contributed by atoms with Crippen LogP contribution in [0.2, 0.25) is 0 Å². The van der Waals surface area contributed by atoms with E-state index in [2.05, 4.69) is 26.7 Å². The summed E-state index contributed by atoms with van der Waals surface area (Å²) in [5.74, 6) is 0.468. The number of guanidine groups is 1. The van der Waals surface area contributed by atoms with Crippen molar-refractivity contribution in [2.45, 2.75) is 38.6 Å². The molecule has 0 aliphatic heterocycles. The number of nitrogens with zero attached hydrogens (tertiary/aromatic N) is 3. The average Bonchev–Trinajstić information content (AvgIpc) is 3.20. The molecular formula is C20H27FIN5. The SMILES string of the molecule is CN=C(NCCC1=CCCCC1)NCc1ccc(-n2ccnc2)c(F)c1.I. The first-order chi connectivity index (χ1) is 12.8. The molecule has 0 radical (unpaired) electrons. The quantitative estimate of drug-likeness (QED) is 0.281. The van der Waals surface area contributed by atoms with Crippen molar-refractivity contribution in [2.75, 3.05) is 13.6 Å². The van der Waals surface area contributed by atoms with Gasteiger partial charge in [0.15, 0.2) is 5.96 Å². The van der Waals surface area contributed by atoms with Gasteiger partial charge in [0.25, 0.3) is 0 Å². The second-order valence-electron chi connectivity index (χ2n) is 6.47. The van der Waals surface area contributed by atoms with Crippen LogP contribution in [0.5, 0.6) is 0 Å². The molecule has 7 heteroatoms. The summed E-state index contributed by atoms with van der Waals surface area (Å²) < 4.78 is 16.0. The number of allylic oxidation sites excluding steroid dienone is 1. The highest BCUT2D eigenvalue weighted by Crippen LogP contribution is 2.19. The van der Waals surface area contributed by atoms with E-state index in [1.165, 1.54) is 31.3 Å². The van der Waals surface area contributed by atoms with Gasteiger partial charge in [-0.15, -0.1) is 24.0 Å². The first kappa shape index (κ1) is 21.4. The number of imidazole rings is 1. The molecule has 1 aliphatic rings. The number of aromatic nitrogens is 2. The molecule has 0 atom stereocenters. The Bertz CT molecular complexity index is 771. The molecular weight excluding hydrogens is 456 g/mol. The molecule has 1 aromatic heterocycles. The topological polar surface area (TPSA) is 54.2 Å². The molecule has 0 bridgehead atoms. The fourth-order valence-electron chi connectivity index (χ4n) is 3.15. The van der Waals surface area contributed by atoms with Crippen molar-refractivity contribution in [1.29, 1.82) is 0 Å². The van der Waals surface area contributed by atoms with Crippen LogP contribution in [0.25, 0.3) is 5.69 Å². The number of aliphatic imine (C=N–C) groups is 1. The Balaban J connectivity index is 0.00000261. The van der Waals surface area contributed by atoms with Gasteiger partial charge in [-0.2, -0.15) is 0 Å². The van der Waals surface area contributed by atoms with Crippen molar-refractivity contribution >= 4 is 29.9 Å². The monoisotopic (exact) mass is 483 g/mol. The molecule has 0 unspecified atom stereocenters. The van der Waals surface area contributed by atoms with Gasteiger partial charge in [-0.1, -0.05) is 17.7 Å². The summed E-state index contributed by atoms with van der Waals surface area (Å²) in [5, 5.41) is 6.57. The lowest BCUT2D eigenvalue weighted by Gasteiger charge is -2.15. The van der Waals surface area contributed by atoms with Crippen LogP contribution >= 0.6 is 24.0 Å². The van der Waals surface area contributed by atoms with Crippen molar-refractivity contribution in [2.24, 2.45) is 4.99 Å². The molecule has 1 aliphatic carbocycles. The minimum absolute atomic E-state index is 0. The van der Waals surface area contributed by atoms with Crippen LogP contribution in [0.1, 0.15) is 37.7 Å². The zero-order valence-electron chi connectivity index (χ0n) is 15.6. The van der Waals surface area contributed by atoms with E-state index in [1.807, 2.05) is 6.07 Å². The minimum atomic E-state index is -0.269. The van der Waals surface area contributed by atoms with Gasteiger partial charge in [-0.3, -0.25) is 4.99 Å². The molecule has 0 saturated heterocycles. The van der Waals surface area contributed by atoms with E-state index < -0.39 is 0 Å². The maximum atomic E-state index is 14.3. The lowest BCUT2D eigenvalue weighted by atomic mass is 9.97. The smallest absolute Gasteiger partial charge is 0.191 e. The van der Waals surface area contributed by atoms with Gasteiger partial charge in [0, 0.05) is 32.5 Å². The molecule has 146 valence electrons. The predicted octanol–water partition coefficient (Wildman–Crippen LogP) is 4.18. The number of hydrogen-bond acceptors (Lipinski definition) is 2. The predicted molar refractivity (Wildman–Crippen MR) is 118 cm³/mol. The van der Waals surface area contributed by atoms with E-state index in [1.54, 1.807) is 42.5 Å². The Morgan fingerprint density at radius 1 is 1.30 bits per heavy atom. The lowest BCUT2D eigenvalue weighted by molar-refractivity contribution is 0.614. The summed E-state index contributed by atoms with van der Waals surface area (Å²) in [6.45, 7) is 1.38. The maximum absolute atomic E-state index is 14.3. The summed E-state index contributed by atoms with van der Waals surface area (Å²) in [5.41, 5.74) is 2.90. The van der Waals surface area contributed by atoms with Gasteiger partial charge in [-0.05, 0) is 49.8 Å². The fourth-order valence-corrected chi connectivity index (χ4v) is 3.15. The molecule has 3 rings (SSSR count). The molecule has 1 heterocycles. The molecule has 0 amide bonds. The van der Waals surface area contributed by atoms with Crippen molar-refractivity contribution in [3.8, 4) is 5.69 Å². The summed E-state index contributed by atoms with van der Waals surface area (Å²) in [6, 6.07) is 5.22. The number of halogens is 2. The average molecular weight is 483 g/mol. The molecule has 5 nitrogen and oxygen atoms in total. The van der Waals surface area contributed by atoms with E-state index in [4.69, 9.17) is 0 Å². The van der Waals surface area contributed by atoms with E-state index in [0.29, 0.717) is 12.2 Å². The number of nitrogens with one attached hydrogen (secondary N) is 2. The van der Waals surface area contributed by atoms with Crippen LogP contribution in [-0.2, 0) is 6.54 Å².